The Balaban J connectivity index is 1.45. The number of rotatable bonds is 6. The first-order valence-corrected chi connectivity index (χ1v) is 10.9. The second-order valence-corrected chi connectivity index (χ2v) is 8.16. The van der Waals surface area contributed by atoms with Crippen molar-refractivity contribution in [3.05, 3.63) is 54.1 Å². The smallest absolute Gasteiger partial charge is 0.234 e. The van der Waals surface area contributed by atoms with Crippen LogP contribution in [0.3, 0.4) is 0 Å². The normalized spacial score (nSPS) is 13.4. The molecule has 0 unspecified atom stereocenters. The number of aryl methyl sites for hydroxylation is 1. The van der Waals surface area contributed by atoms with Crippen LogP contribution in [0.25, 0.3) is 11.4 Å². The molecule has 2 aromatic carbocycles. The van der Waals surface area contributed by atoms with Gasteiger partial charge in [-0.3, -0.25) is 4.79 Å². The zero-order valence-corrected chi connectivity index (χ0v) is 17.5. The fourth-order valence-electron chi connectivity index (χ4n) is 3.48. The number of thioether (sulfide) groups is 1. The molecule has 0 atom stereocenters. The van der Waals surface area contributed by atoms with Crippen LogP contribution in [0, 0.1) is 5.82 Å². The summed E-state index contributed by atoms with van der Waals surface area (Å²) in [5.74, 6) is 1.90. The number of carbonyl (C=O) groups is 1. The number of nitrogens with zero attached hydrogens (tertiary/aromatic N) is 3. The molecule has 1 amide bonds. The maximum Gasteiger partial charge on any atom is 0.234 e. The first-order valence-electron chi connectivity index (χ1n) is 9.93. The van der Waals surface area contributed by atoms with E-state index in [1.54, 1.807) is 19.2 Å². The Morgan fingerprint density at radius 1 is 1.17 bits per heavy atom. The summed E-state index contributed by atoms with van der Waals surface area (Å²) in [4.78, 5) is 13.4. The van der Waals surface area contributed by atoms with E-state index in [0.29, 0.717) is 17.1 Å². The van der Waals surface area contributed by atoms with Crippen LogP contribution in [0.4, 0.5) is 10.1 Å². The van der Waals surface area contributed by atoms with Crippen molar-refractivity contribution < 1.29 is 13.9 Å². The number of benzene rings is 2. The monoisotopic (exact) mass is 426 g/mol. The molecule has 1 aliphatic rings. The number of aromatic nitrogens is 3. The van der Waals surface area contributed by atoms with Crippen LogP contribution in [0.2, 0.25) is 0 Å². The Hall–Kier alpha value is -2.87. The molecule has 1 N–H and O–H groups in total. The van der Waals surface area contributed by atoms with Crippen molar-refractivity contribution in [3.8, 4) is 17.1 Å². The van der Waals surface area contributed by atoms with Crippen molar-refractivity contribution in [2.75, 3.05) is 18.2 Å². The van der Waals surface area contributed by atoms with Crippen LogP contribution >= 0.6 is 11.8 Å². The summed E-state index contributed by atoms with van der Waals surface area (Å²) in [7, 11) is 1.61. The minimum Gasteiger partial charge on any atom is -0.497 e. The van der Waals surface area contributed by atoms with Gasteiger partial charge in [-0.25, -0.2) is 4.39 Å². The number of hydrogen-bond donors (Lipinski definition) is 1. The summed E-state index contributed by atoms with van der Waals surface area (Å²) < 4.78 is 21.7. The highest BCUT2D eigenvalue weighted by atomic mass is 32.2. The minimum atomic E-state index is -0.375. The van der Waals surface area contributed by atoms with Gasteiger partial charge in [0, 0.05) is 23.5 Å². The Morgan fingerprint density at radius 2 is 2.00 bits per heavy atom. The van der Waals surface area contributed by atoms with Gasteiger partial charge in [0.25, 0.3) is 0 Å². The number of nitrogens with one attached hydrogen (secondary N) is 1. The van der Waals surface area contributed by atoms with Gasteiger partial charge >= 0.3 is 0 Å². The van der Waals surface area contributed by atoms with Gasteiger partial charge in [-0.15, -0.1) is 22.0 Å². The number of fused-ring (bicyclic) bond motifs is 1. The van der Waals surface area contributed by atoms with E-state index in [4.69, 9.17) is 4.74 Å². The summed E-state index contributed by atoms with van der Waals surface area (Å²) in [6.45, 7) is 0.784. The van der Waals surface area contributed by atoms with Gasteiger partial charge < -0.3 is 14.6 Å². The molecule has 1 aliphatic heterocycles. The molecule has 0 saturated carbocycles. The lowest BCUT2D eigenvalue weighted by Gasteiger charge is -2.10. The molecule has 6 nitrogen and oxygen atoms in total. The predicted octanol–water partition coefficient (Wildman–Crippen LogP) is 4.55. The fourth-order valence-corrected chi connectivity index (χ4v) is 4.18. The molecule has 2 heterocycles. The number of ether oxygens (including phenoxy) is 1. The summed E-state index contributed by atoms with van der Waals surface area (Å²) in [5, 5.41) is 11.3. The van der Waals surface area contributed by atoms with Gasteiger partial charge in [-0.05, 0) is 55.3 Å². The van der Waals surface area contributed by atoms with Gasteiger partial charge in [-0.1, -0.05) is 6.42 Å². The van der Waals surface area contributed by atoms with E-state index in [-0.39, 0.29) is 17.5 Å². The lowest BCUT2D eigenvalue weighted by Crippen LogP contribution is -2.14. The third-order valence-electron chi connectivity index (χ3n) is 5.03. The molecule has 30 heavy (non-hydrogen) atoms. The average molecular weight is 427 g/mol. The van der Waals surface area contributed by atoms with Crippen LogP contribution in [0.5, 0.6) is 5.75 Å². The van der Waals surface area contributed by atoms with Crippen LogP contribution in [0.1, 0.15) is 25.1 Å². The Morgan fingerprint density at radius 3 is 2.80 bits per heavy atom. The van der Waals surface area contributed by atoms with Crippen molar-refractivity contribution in [1.82, 2.24) is 14.8 Å². The quantitative estimate of drug-likeness (QED) is 0.586. The SMILES string of the molecule is COc1ccc(SCC(=O)Nc2ccc(F)c(-c3nnc4n3CCCCC4)c2)cc1. The molecule has 0 fully saturated rings. The van der Waals surface area contributed by atoms with Gasteiger partial charge in [0.2, 0.25) is 5.91 Å². The van der Waals surface area contributed by atoms with E-state index in [1.165, 1.54) is 17.8 Å². The largest absolute Gasteiger partial charge is 0.497 e. The van der Waals surface area contributed by atoms with Gasteiger partial charge in [-0.2, -0.15) is 0 Å². The average Bonchev–Trinajstić information content (AvgIpc) is 3.01. The van der Waals surface area contributed by atoms with Crippen LogP contribution < -0.4 is 10.1 Å². The Labute approximate surface area is 178 Å². The molecule has 0 radical (unpaired) electrons. The summed E-state index contributed by atoms with van der Waals surface area (Å²) in [6, 6.07) is 12.1. The van der Waals surface area contributed by atoms with E-state index < -0.39 is 0 Å². The molecular formula is C22H23FN4O2S. The van der Waals surface area contributed by atoms with Gasteiger partial charge in [0.05, 0.1) is 18.4 Å². The van der Waals surface area contributed by atoms with Crippen molar-refractivity contribution in [1.29, 1.82) is 0 Å². The highest BCUT2D eigenvalue weighted by Crippen LogP contribution is 2.28. The molecule has 4 rings (SSSR count). The van der Waals surface area contributed by atoms with E-state index in [1.807, 2.05) is 28.8 Å². The lowest BCUT2D eigenvalue weighted by molar-refractivity contribution is -0.113. The highest BCUT2D eigenvalue weighted by molar-refractivity contribution is 8.00. The van der Waals surface area contributed by atoms with Crippen molar-refractivity contribution in [3.63, 3.8) is 0 Å². The van der Waals surface area contributed by atoms with E-state index in [9.17, 15) is 9.18 Å². The van der Waals surface area contributed by atoms with Crippen molar-refractivity contribution >= 4 is 23.4 Å². The highest BCUT2D eigenvalue weighted by Gasteiger charge is 2.19. The van der Waals surface area contributed by atoms with E-state index in [0.717, 1.165) is 48.7 Å². The number of anilines is 1. The summed E-state index contributed by atoms with van der Waals surface area (Å²) in [5.41, 5.74) is 0.897. The van der Waals surface area contributed by atoms with Gasteiger partial charge in [0.15, 0.2) is 5.82 Å². The fraction of sp³-hybridized carbons (Fsp3) is 0.318. The molecule has 0 spiro atoms. The molecule has 0 aliphatic carbocycles. The number of carbonyl (C=O) groups excluding carboxylic acids is 1. The Kier molecular flexibility index (Phi) is 6.32. The number of hydrogen-bond acceptors (Lipinski definition) is 5. The second kappa shape index (κ2) is 9.30. The second-order valence-electron chi connectivity index (χ2n) is 7.11. The van der Waals surface area contributed by atoms with Crippen molar-refractivity contribution in [2.45, 2.75) is 37.1 Å². The van der Waals surface area contributed by atoms with E-state index >= 15 is 0 Å². The molecule has 0 bridgehead atoms. The van der Waals surface area contributed by atoms with E-state index in [2.05, 4.69) is 15.5 Å². The molecule has 3 aromatic rings. The zero-order valence-electron chi connectivity index (χ0n) is 16.7. The standard InChI is InChI=1S/C22H23FN4O2S/c1-29-16-7-9-17(10-8-16)30-14-21(28)24-15-6-11-19(23)18(13-15)22-26-25-20-5-3-2-4-12-27(20)22/h6-11,13H,2-5,12,14H2,1H3,(H,24,28). The lowest BCUT2D eigenvalue weighted by atomic mass is 10.1. The first kappa shape index (κ1) is 20.4. The third-order valence-corrected chi connectivity index (χ3v) is 6.04. The first-order chi connectivity index (χ1) is 14.6. The maximum atomic E-state index is 14.6. The van der Waals surface area contributed by atoms with Gasteiger partial charge in [0.1, 0.15) is 17.4 Å². The van der Waals surface area contributed by atoms with Crippen LogP contribution in [-0.2, 0) is 17.8 Å². The number of methoxy groups -OCH3 is 1. The molecule has 1 aromatic heterocycles. The zero-order chi connectivity index (χ0) is 20.9. The predicted molar refractivity (Wildman–Crippen MR) is 115 cm³/mol. The van der Waals surface area contributed by atoms with Crippen LogP contribution in [-0.4, -0.2) is 33.5 Å². The van der Waals surface area contributed by atoms with Crippen LogP contribution in [0.15, 0.2) is 47.4 Å². The van der Waals surface area contributed by atoms with Crippen molar-refractivity contribution in [2.24, 2.45) is 0 Å². The Bertz CT molecular complexity index is 1040. The number of halogens is 1. The third kappa shape index (κ3) is 4.64. The molecular weight excluding hydrogens is 403 g/mol. The topological polar surface area (TPSA) is 69.0 Å². The number of amides is 1. The minimum absolute atomic E-state index is 0.159. The summed E-state index contributed by atoms with van der Waals surface area (Å²) >= 11 is 1.42. The summed E-state index contributed by atoms with van der Waals surface area (Å²) in [6.07, 6.45) is 4.09. The maximum absolute atomic E-state index is 14.6. The molecule has 0 saturated heterocycles. The molecule has 156 valence electrons. The molecule has 8 heteroatoms.